The summed E-state index contributed by atoms with van der Waals surface area (Å²) < 4.78 is 0.817. The summed E-state index contributed by atoms with van der Waals surface area (Å²) in [5, 5.41) is 2.02. The number of aromatic nitrogens is 1. The average molecular weight is 219 g/mol. The zero-order valence-electron chi connectivity index (χ0n) is 7.44. The Balaban J connectivity index is 2.19. The van der Waals surface area contributed by atoms with E-state index in [4.69, 9.17) is 12.2 Å². The summed E-state index contributed by atoms with van der Waals surface area (Å²) in [5.41, 5.74) is 2.25. The summed E-state index contributed by atoms with van der Waals surface area (Å²) >= 11 is 6.54. The van der Waals surface area contributed by atoms with Crippen LogP contribution in [0.25, 0.3) is 12.2 Å². The zero-order chi connectivity index (χ0) is 9.80. The molecule has 0 radical (unpaired) electrons. The number of H-pyrrole nitrogens is 1. The second kappa shape index (κ2) is 4.35. The van der Waals surface area contributed by atoms with Crippen LogP contribution in [0.4, 0.5) is 0 Å². The fourth-order valence-electron chi connectivity index (χ4n) is 1.12. The lowest BCUT2D eigenvalue weighted by Crippen LogP contribution is -1.70. The van der Waals surface area contributed by atoms with Gasteiger partial charge < -0.3 is 4.98 Å². The van der Waals surface area contributed by atoms with Crippen molar-refractivity contribution in [1.82, 2.24) is 4.98 Å². The minimum absolute atomic E-state index is 0.817. The third-order valence-corrected chi connectivity index (χ3v) is 2.87. The van der Waals surface area contributed by atoms with E-state index in [0.29, 0.717) is 0 Å². The molecule has 0 fully saturated rings. The minimum atomic E-state index is 0.817. The molecule has 1 N–H and O–H groups in total. The summed E-state index contributed by atoms with van der Waals surface area (Å²) in [4.78, 5) is 3.09. The lowest BCUT2D eigenvalue weighted by molar-refractivity contribution is 1.36. The third kappa shape index (κ3) is 2.40. The van der Waals surface area contributed by atoms with Gasteiger partial charge in [-0.15, -0.1) is 11.3 Å². The van der Waals surface area contributed by atoms with Crippen molar-refractivity contribution < 1.29 is 0 Å². The largest absolute Gasteiger partial charge is 0.337 e. The van der Waals surface area contributed by atoms with Crippen LogP contribution in [0.5, 0.6) is 0 Å². The molecule has 0 saturated carbocycles. The van der Waals surface area contributed by atoms with Crippen LogP contribution in [0, 0.1) is 3.95 Å². The number of aromatic amines is 1. The van der Waals surface area contributed by atoms with E-state index in [9.17, 15) is 0 Å². The highest BCUT2D eigenvalue weighted by molar-refractivity contribution is 7.73. The van der Waals surface area contributed by atoms with Crippen LogP contribution >= 0.6 is 23.6 Å². The molecule has 2 aromatic rings. The Labute approximate surface area is 91.7 Å². The first-order valence-corrected chi connectivity index (χ1v) is 5.54. The molecule has 1 nitrogen and oxygen atoms in total. The van der Waals surface area contributed by atoms with Gasteiger partial charge in [0.25, 0.3) is 0 Å². The molecule has 14 heavy (non-hydrogen) atoms. The Kier molecular flexibility index (Phi) is 2.91. The van der Waals surface area contributed by atoms with Gasteiger partial charge in [-0.2, -0.15) is 0 Å². The van der Waals surface area contributed by atoms with Gasteiger partial charge in [0.15, 0.2) is 3.95 Å². The molecule has 0 spiro atoms. The van der Waals surface area contributed by atoms with Gasteiger partial charge in [0.05, 0.1) is 0 Å². The fourth-order valence-corrected chi connectivity index (χ4v) is 1.94. The molecule has 1 heterocycles. The van der Waals surface area contributed by atoms with Crippen molar-refractivity contribution in [1.29, 1.82) is 0 Å². The first kappa shape index (κ1) is 9.37. The molecule has 0 aliphatic heterocycles. The van der Waals surface area contributed by atoms with Crippen molar-refractivity contribution in [3.63, 3.8) is 0 Å². The van der Waals surface area contributed by atoms with Crippen LogP contribution in [-0.2, 0) is 0 Å². The molecule has 1 aromatic heterocycles. The SMILES string of the molecule is S=c1[nH]c(C=Cc2ccccc2)cs1. The number of nitrogens with one attached hydrogen (secondary N) is 1. The first-order chi connectivity index (χ1) is 6.84. The fraction of sp³-hybridized carbons (Fsp3) is 0. The molecule has 70 valence electrons. The van der Waals surface area contributed by atoms with Crippen LogP contribution in [-0.4, -0.2) is 4.98 Å². The van der Waals surface area contributed by atoms with Crippen LogP contribution in [0.3, 0.4) is 0 Å². The predicted octanol–water partition coefficient (Wildman–Crippen LogP) is 3.98. The van der Waals surface area contributed by atoms with Crippen LogP contribution in [0.2, 0.25) is 0 Å². The van der Waals surface area contributed by atoms with E-state index in [0.717, 1.165) is 9.65 Å². The first-order valence-electron chi connectivity index (χ1n) is 4.25. The molecular weight excluding hydrogens is 210 g/mol. The van der Waals surface area contributed by atoms with Gasteiger partial charge in [-0.3, -0.25) is 0 Å². The van der Waals surface area contributed by atoms with Gasteiger partial charge in [-0.05, 0) is 23.9 Å². The van der Waals surface area contributed by atoms with Gasteiger partial charge in [-0.1, -0.05) is 36.4 Å². The number of hydrogen-bond acceptors (Lipinski definition) is 2. The molecule has 0 amide bonds. The van der Waals surface area contributed by atoms with Crippen molar-refractivity contribution >= 4 is 35.7 Å². The standard InChI is InChI=1S/C11H9NS2/c13-11-12-10(8-14-11)7-6-9-4-2-1-3-5-9/h1-8H,(H,12,13). The normalized spacial score (nSPS) is 10.9. The lowest BCUT2D eigenvalue weighted by Gasteiger charge is -1.89. The van der Waals surface area contributed by atoms with Gasteiger partial charge in [-0.25, -0.2) is 0 Å². The zero-order valence-corrected chi connectivity index (χ0v) is 9.07. The predicted molar refractivity (Wildman–Crippen MR) is 64.9 cm³/mol. The second-order valence-corrected chi connectivity index (χ2v) is 4.39. The molecule has 0 atom stereocenters. The smallest absolute Gasteiger partial charge is 0.158 e. The number of thiazole rings is 1. The van der Waals surface area contributed by atoms with Crippen LogP contribution in [0.1, 0.15) is 11.3 Å². The quantitative estimate of drug-likeness (QED) is 0.755. The Morgan fingerprint density at radius 2 is 1.93 bits per heavy atom. The molecule has 3 heteroatoms. The summed E-state index contributed by atoms with van der Waals surface area (Å²) in [6, 6.07) is 10.2. The molecule has 0 aliphatic carbocycles. The summed E-state index contributed by atoms with van der Waals surface area (Å²) in [6.45, 7) is 0. The van der Waals surface area contributed by atoms with Crippen molar-refractivity contribution in [2.24, 2.45) is 0 Å². The summed E-state index contributed by atoms with van der Waals surface area (Å²) in [7, 11) is 0. The Morgan fingerprint density at radius 3 is 2.57 bits per heavy atom. The highest BCUT2D eigenvalue weighted by Crippen LogP contribution is 2.09. The van der Waals surface area contributed by atoms with E-state index >= 15 is 0 Å². The topological polar surface area (TPSA) is 15.8 Å². The molecule has 1 aromatic carbocycles. The Morgan fingerprint density at radius 1 is 1.14 bits per heavy atom. The maximum atomic E-state index is 4.99. The number of benzene rings is 1. The third-order valence-electron chi connectivity index (χ3n) is 1.79. The molecular formula is C11H9NS2. The van der Waals surface area contributed by atoms with E-state index in [1.54, 1.807) is 11.3 Å². The highest BCUT2D eigenvalue weighted by atomic mass is 32.1. The van der Waals surface area contributed by atoms with Crippen molar-refractivity contribution in [2.45, 2.75) is 0 Å². The minimum Gasteiger partial charge on any atom is -0.337 e. The van der Waals surface area contributed by atoms with Gasteiger partial charge >= 0.3 is 0 Å². The average Bonchev–Trinajstić information content (AvgIpc) is 2.63. The van der Waals surface area contributed by atoms with Gasteiger partial charge in [0.1, 0.15) is 0 Å². The van der Waals surface area contributed by atoms with E-state index in [-0.39, 0.29) is 0 Å². The van der Waals surface area contributed by atoms with E-state index in [1.807, 2.05) is 29.7 Å². The Hall–Kier alpha value is -1.19. The Bertz CT molecular complexity index is 479. The van der Waals surface area contributed by atoms with E-state index in [2.05, 4.69) is 23.2 Å². The molecule has 0 unspecified atom stereocenters. The van der Waals surface area contributed by atoms with Gasteiger partial charge in [0, 0.05) is 11.1 Å². The highest BCUT2D eigenvalue weighted by Gasteiger charge is 1.88. The van der Waals surface area contributed by atoms with Crippen LogP contribution in [0.15, 0.2) is 35.7 Å². The number of hydrogen-bond donors (Lipinski definition) is 1. The maximum Gasteiger partial charge on any atom is 0.158 e. The van der Waals surface area contributed by atoms with Crippen molar-refractivity contribution in [3.8, 4) is 0 Å². The molecule has 2 rings (SSSR count). The summed E-state index contributed by atoms with van der Waals surface area (Å²) in [5.74, 6) is 0. The number of rotatable bonds is 2. The monoisotopic (exact) mass is 219 g/mol. The van der Waals surface area contributed by atoms with Crippen LogP contribution < -0.4 is 0 Å². The van der Waals surface area contributed by atoms with Gasteiger partial charge in [0.2, 0.25) is 0 Å². The molecule has 0 aliphatic rings. The van der Waals surface area contributed by atoms with E-state index < -0.39 is 0 Å². The lowest BCUT2D eigenvalue weighted by atomic mass is 10.2. The molecule has 0 saturated heterocycles. The van der Waals surface area contributed by atoms with E-state index in [1.165, 1.54) is 5.56 Å². The van der Waals surface area contributed by atoms with Crippen molar-refractivity contribution in [3.05, 3.63) is 50.9 Å². The molecule has 0 bridgehead atoms. The second-order valence-electron chi connectivity index (χ2n) is 2.85. The van der Waals surface area contributed by atoms with Crippen molar-refractivity contribution in [2.75, 3.05) is 0 Å². The summed E-state index contributed by atoms with van der Waals surface area (Å²) in [6.07, 6.45) is 4.09. The maximum absolute atomic E-state index is 4.99.